The fraction of sp³-hybridized carbons (Fsp3) is 0.227. The summed E-state index contributed by atoms with van der Waals surface area (Å²) in [6.45, 7) is 8.03. The van der Waals surface area contributed by atoms with Crippen LogP contribution in [-0.4, -0.2) is 166 Å². The molecule has 684 valence electrons. The molecule has 0 unspecified atom stereocenters. The summed E-state index contributed by atoms with van der Waals surface area (Å²) in [5.41, 5.74) is 14.6. The number of benzene rings is 4. The maximum Gasteiger partial charge on any atom is 1.00 e. The molecule has 8 aromatic heterocycles. The number of amides is 1. The van der Waals surface area contributed by atoms with Crippen molar-refractivity contribution in [1.29, 1.82) is 0 Å². The number of pyridine rings is 8. The molecule has 0 aliphatic carbocycles. The van der Waals surface area contributed by atoms with Gasteiger partial charge in [-0.1, -0.05) is 58.0 Å². The number of ether oxygens (including phenoxy) is 2. The van der Waals surface area contributed by atoms with E-state index in [4.69, 9.17) is 79.3 Å². The second-order valence-corrected chi connectivity index (χ2v) is 31.3. The Hall–Kier alpha value is -12.1. The molecule has 43 heteroatoms. The number of carbonyl (C=O) groups excluding carboxylic acids is 4. The van der Waals surface area contributed by atoms with Crippen LogP contribution in [0.3, 0.4) is 0 Å². The van der Waals surface area contributed by atoms with Gasteiger partial charge in [0.15, 0.2) is 0 Å². The van der Waals surface area contributed by atoms with Gasteiger partial charge in [0.25, 0.3) is 28.1 Å². The third-order valence-electron chi connectivity index (χ3n) is 20.2. The molecule has 2 atom stereocenters. The monoisotopic (exact) mass is 1930 g/mol. The molecule has 12 heterocycles. The quantitative estimate of drug-likeness (QED) is 0.0239. The molecule has 0 saturated heterocycles. The molecular weight excluding hydrogens is 1840 g/mol. The van der Waals surface area contributed by atoms with Gasteiger partial charge in [-0.3, -0.25) is 62.2 Å². The standard InChI is InChI=1S/C23H23ClFN5O3.C21H18ClFN4O3.C20H16ClFN4O3.C14H13ClFN3O.C7H6ClNO2.C3H9NO.Li.2H2S/c1-13(31)11-27-21(32)17-12-26-6-5-19(17)28-20-10-16(15-9-14(24)3-4-18(15)25)23(33)30-8-7-29(2)22(20)30;1-26-7-8-27-19(26)18(25-17-5-6-24-11-15(17)21(29)30-2)10-14(20(27)28)13-9-12(22)3-4-16(13)23;1-25-6-7-26-18(25)17(24-16-4-5-23-10-14(16)20(28)29)9-13(19(26)27)12-8-11(21)2-3-15(12)22;1-18-4-5-19-13(18)12(17)7-10(14(19)20)9-6-8(15)2-3-11(9)16;1-11-7(10)5-4-9-3-2-6(5)8;1-3(5)2-4;;;/h3-6,9-10,12-13,31H,7-8,11H2,1-2H3,(H,26,28)(H,27,32);3-6,9-11H,7-8H2,1-2H3,(H,24,25);2-5,8-10H,6-7H2,1H3,(H,23,24)(H,28,29);2-3,6-7H,4-5,17H2,1H3;2-4H,1H3;3,5H,2,4H2,1H3;;2*1H2/q;;;;;;+1;;/p-1/t13-;;;;;3-;;;/m0....0.../s1. The Bertz CT molecular complexity index is 6510. The molecule has 131 heavy (non-hydrogen) atoms. The maximum atomic E-state index is 14.6. The number of esters is 2. The van der Waals surface area contributed by atoms with Crippen LogP contribution in [0.25, 0.3) is 44.5 Å². The molecule has 10 N–H and O–H groups in total. The van der Waals surface area contributed by atoms with Gasteiger partial charge in [0, 0.05) is 191 Å². The summed E-state index contributed by atoms with van der Waals surface area (Å²) in [4.78, 5) is 122. The molecule has 1 amide bonds. The fourth-order valence-corrected chi connectivity index (χ4v) is 14.8. The number of carbonyl (C=O) groups is 4. The second-order valence-electron chi connectivity index (χ2n) is 29.1. The number of aliphatic hydroxyl groups excluding tert-OH is 2. The molecule has 16 rings (SSSR count). The Morgan fingerprint density at radius 1 is 0.427 bits per heavy atom. The summed E-state index contributed by atoms with van der Waals surface area (Å²) in [6.07, 6.45) is 10.3. The first kappa shape index (κ1) is 104. The smallest absolute Gasteiger partial charge is 0.545 e. The largest absolute Gasteiger partial charge is 1.00 e. The van der Waals surface area contributed by atoms with Crippen molar-refractivity contribution < 1.29 is 80.4 Å². The summed E-state index contributed by atoms with van der Waals surface area (Å²) in [6, 6.07) is 28.7. The van der Waals surface area contributed by atoms with Crippen LogP contribution in [0.2, 0.25) is 25.1 Å². The predicted molar refractivity (Wildman–Crippen MR) is 506 cm³/mol. The van der Waals surface area contributed by atoms with E-state index in [-0.39, 0.29) is 153 Å². The number of fused-ring (bicyclic) bond motifs is 4. The van der Waals surface area contributed by atoms with Crippen molar-refractivity contribution in [1.82, 2.24) is 43.5 Å². The number of nitrogen functional groups attached to an aromatic ring is 1. The SMILES string of the molecule is CN1CCn2c1c(N)cc(-c1cc(Cl)ccc1F)c2=O.CN1CCn2c1c(Nc1ccncc1C(=O)[O-])cc(-c1cc(Cl)ccc1F)c2=O.COC(=O)c1cnccc1Cl.COC(=O)c1cnccc1Nc1cc(-c2cc(Cl)ccc2F)c(=O)n2c1N(C)CC2.C[C@H](O)CN.C[C@H](O)CNC(=O)c1cnccc1Nc1cc(-c2cc(Cl)ccc2F)c(=O)n2c1N(C)CC2.S.S.[Li+]. The van der Waals surface area contributed by atoms with Gasteiger partial charge in [-0.05, 0) is 135 Å². The van der Waals surface area contributed by atoms with E-state index in [1.807, 2.05) is 47.8 Å². The summed E-state index contributed by atoms with van der Waals surface area (Å²) < 4.78 is 73.1. The van der Waals surface area contributed by atoms with Gasteiger partial charge in [-0.2, -0.15) is 27.0 Å². The van der Waals surface area contributed by atoms with Gasteiger partial charge >= 0.3 is 30.8 Å². The molecule has 31 nitrogen and oxygen atoms in total. The van der Waals surface area contributed by atoms with Crippen LogP contribution < -0.4 is 98.5 Å². The van der Waals surface area contributed by atoms with Gasteiger partial charge in [0.2, 0.25) is 0 Å². The first-order valence-electron chi connectivity index (χ1n) is 39.0. The van der Waals surface area contributed by atoms with E-state index in [0.717, 1.165) is 0 Å². The topological polar surface area (TPSA) is 403 Å². The molecule has 4 aliphatic heterocycles. The maximum absolute atomic E-state index is 14.6. The molecular formula is C88H88Cl5F4LiN18O13S2. The zero-order chi connectivity index (χ0) is 92.8. The van der Waals surface area contributed by atoms with E-state index in [0.29, 0.717) is 141 Å². The number of hydrogen-bond donors (Lipinski definition) is 8. The Morgan fingerprint density at radius 3 is 1.05 bits per heavy atom. The first-order chi connectivity index (χ1) is 61.0. The van der Waals surface area contributed by atoms with Crippen molar-refractivity contribution in [2.45, 2.75) is 52.2 Å². The predicted octanol–water partition coefficient (Wildman–Crippen LogP) is 9.37. The van der Waals surface area contributed by atoms with Gasteiger partial charge in [0.05, 0.1) is 111 Å². The Labute approximate surface area is 798 Å². The number of nitrogens with one attached hydrogen (secondary N) is 4. The van der Waals surface area contributed by atoms with Gasteiger partial charge in [-0.15, -0.1) is 0 Å². The van der Waals surface area contributed by atoms with Crippen LogP contribution in [0.1, 0.15) is 55.3 Å². The minimum absolute atomic E-state index is 0. The average Bonchev–Trinajstić information content (AvgIpc) is 1.68. The average molecular weight is 1930 g/mol. The fourth-order valence-electron chi connectivity index (χ4n) is 14.0. The third kappa shape index (κ3) is 24.4. The molecule has 12 aromatic rings. The number of carboxylic acid groups (broad SMARTS) is 1. The Balaban J connectivity index is 0.000000204. The van der Waals surface area contributed by atoms with Crippen molar-refractivity contribution in [2.24, 2.45) is 5.73 Å². The molecule has 4 aliphatic rings. The van der Waals surface area contributed by atoms with Crippen LogP contribution in [0.5, 0.6) is 0 Å². The normalized spacial score (nSPS) is 12.5. The van der Waals surface area contributed by atoms with Crippen LogP contribution in [-0.2, 0) is 35.7 Å². The molecule has 0 saturated carbocycles. The van der Waals surface area contributed by atoms with Crippen molar-refractivity contribution in [2.75, 3.05) is 123 Å². The van der Waals surface area contributed by atoms with E-state index < -0.39 is 53.2 Å². The Morgan fingerprint density at radius 2 is 0.718 bits per heavy atom. The van der Waals surface area contributed by atoms with Gasteiger partial charge < -0.3 is 81.9 Å². The number of nitrogens with zero attached hydrogens (tertiary/aromatic N) is 12. The number of aromatic nitrogens is 8. The zero-order valence-electron chi connectivity index (χ0n) is 71.7. The first-order valence-corrected chi connectivity index (χ1v) is 40.9. The number of nitrogens with two attached hydrogens (primary N) is 2. The number of carboxylic acids is 1. The van der Waals surface area contributed by atoms with E-state index >= 15 is 0 Å². The summed E-state index contributed by atoms with van der Waals surface area (Å²) in [5, 5.41) is 42.9. The second kappa shape index (κ2) is 46.6. The Kier molecular flexibility index (Phi) is 37.1. The van der Waals surface area contributed by atoms with Crippen molar-refractivity contribution in [3.8, 4) is 44.5 Å². The molecule has 4 aromatic carbocycles. The summed E-state index contributed by atoms with van der Waals surface area (Å²) in [7, 11) is 9.98. The zero-order valence-corrected chi connectivity index (χ0v) is 77.5. The summed E-state index contributed by atoms with van der Waals surface area (Å²) >= 11 is 29.7. The number of hydrogen-bond acceptors (Lipinski definition) is 26. The van der Waals surface area contributed by atoms with Crippen LogP contribution in [0, 0.1) is 23.3 Å². The van der Waals surface area contributed by atoms with Crippen LogP contribution in [0.4, 0.5) is 80.6 Å². The number of aliphatic hydroxyl groups is 2. The van der Waals surface area contributed by atoms with Crippen molar-refractivity contribution >= 4 is 172 Å². The molecule has 0 radical (unpaired) electrons. The third-order valence-corrected chi connectivity index (χ3v) is 21.5. The van der Waals surface area contributed by atoms with E-state index in [1.165, 1.54) is 165 Å². The number of halogens is 9. The molecule has 0 bridgehead atoms. The minimum atomic E-state index is -1.39. The number of rotatable bonds is 17. The van der Waals surface area contributed by atoms with E-state index in [2.05, 4.69) is 45.9 Å². The number of anilines is 11. The van der Waals surface area contributed by atoms with Crippen molar-refractivity contribution in [3.63, 3.8) is 0 Å². The molecule has 0 fully saturated rings. The van der Waals surface area contributed by atoms with Gasteiger partial charge in [-0.25, -0.2) is 27.2 Å². The van der Waals surface area contributed by atoms with E-state index in [9.17, 15) is 66.1 Å². The van der Waals surface area contributed by atoms with Gasteiger partial charge in [0.1, 0.15) is 52.1 Å². The summed E-state index contributed by atoms with van der Waals surface area (Å²) in [5.74, 6) is -2.48. The van der Waals surface area contributed by atoms with Crippen LogP contribution >= 0.6 is 85.0 Å². The van der Waals surface area contributed by atoms with Crippen LogP contribution in [0.15, 0.2) is 190 Å². The van der Waals surface area contributed by atoms with E-state index in [1.54, 1.807) is 51.8 Å². The minimum Gasteiger partial charge on any atom is -0.545 e. The number of likely N-dealkylation sites (N-methyl/N-ethyl adjacent to an activating group) is 4. The number of methoxy groups -OCH3 is 2. The van der Waals surface area contributed by atoms with Crippen molar-refractivity contribution in [3.05, 3.63) is 283 Å². The molecule has 0 spiro atoms. The number of aromatic carboxylic acids is 1.